The first-order valence-electron chi connectivity index (χ1n) is 9.24. The summed E-state index contributed by atoms with van der Waals surface area (Å²) in [6, 6.07) is 5.77. The lowest BCUT2D eigenvalue weighted by molar-refractivity contribution is 0.391. The van der Waals surface area contributed by atoms with E-state index >= 15 is 0 Å². The molecule has 0 unspecified atom stereocenters. The highest BCUT2D eigenvalue weighted by Gasteiger charge is 2.07. The van der Waals surface area contributed by atoms with Gasteiger partial charge in [-0.25, -0.2) is 9.98 Å². The van der Waals surface area contributed by atoms with Crippen molar-refractivity contribution in [1.82, 2.24) is 15.6 Å². The van der Waals surface area contributed by atoms with Gasteiger partial charge < -0.3 is 20.1 Å². The second-order valence-corrected chi connectivity index (χ2v) is 7.27. The van der Waals surface area contributed by atoms with E-state index in [9.17, 15) is 0 Å². The maximum atomic E-state index is 5.44. The van der Waals surface area contributed by atoms with Crippen LogP contribution in [0, 0.1) is 0 Å². The van der Waals surface area contributed by atoms with E-state index in [-0.39, 0.29) is 0 Å². The average molecular weight is 391 g/mol. The third-order valence-electron chi connectivity index (χ3n) is 3.98. The third kappa shape index (κ3) is 6.43. The van der Waals surface area contributed by atoms with Gasteiger partial charge in [0.05, 0.1) is 31.5 Å². The van der Waals surface area contributed by atoms with E-state index in [2.05, 4.69) is 46.8 Å². The maximum Gasteiger partial charge on any atom is 0.191 e. The molecule has 0 radical (unpaired) electrons. The Morgan fingerprint density at radius 1 is 1.22 bits per heavy atom. The monoisotopic (exact) mass is 390 g/mol. The summed E-state index contributed by atoms with van der Waals surface area (Å²) in [5.41, 5.74) is 2.14. The minimum Gasteiger partial charge on any atom is -0.497 e. The van der Waals surface area contributed by atoms with E-state index in [4.69, 9.17) is 9.47 Å². The first-order chi connectivity index (χ1) is 13.1. The number of benzene rings is 1. The number of methoxy groups -OCH3 is 2. The molecular weight excluding hydrogens is 360 g/mol. The molecule has 2 N–H and O–H groups in total. The van der Waals surface area contributed by atoms with Crippen LogP contribution >= 0.6 is 11.3 Å². The molecule has 0 aliphatic heterocycles. The average Bonchev–Trinajstić information content (AvgIpc) is 3.15. The van der Waals surface area contributed by atoms with Crippen molar-refractivity contribution >= 4 is 17.3 Å². The van der Waals surface area contributed by atoms with Crippen molar-refractivity contribution < 1.29 is 9.47 Å². The molecule has 2 aromatic rings. The molecule has 1 aromatic carbocycles. The standard InChI is InChI=1S/C20H30N4O2S/c1-6-21-20(22-10-9-16-13-27-19(24-16)14(2)3)23-12-15-7-8-17(25-4)11-18(15)26-5/h7-8,11,13-14H,6,9-10,12H2,1-5H3,(H2,21,22,23). The highest BCUT2D eigenvalue weighted by Crippen LogP contribution is 2.25. The van der Waals surface area contributed by atoms with Crippen molar-refractivity contribution in [2.24, 2.45) is 4.99 Å². The van der Waals surface area contributed by atoms with Crippen LogP contribution in [0.5, 0.6) is 11.5 Å². The summed E-state index contributed by atoms with van der Waals surface area (Å²) in [4.78, 5) is 9.34. The summed E-state index contributed by atoms with van der Waals surface area (Å²) >= 11 is 1.73. The minimum absolute atomic E-state index is 0.482. The molecule has 7 heteroatoms. The molecular formula is C20H30N4O2S. The van der Waals surface area contributed by atoms with Gasteiger partial charge in [0.1, 0.15) is 11.5 Å². The molecule has 0 saturated carbocycles. The normalized spacial score (nSPS) is 11.6. The lowest BCUT2D eigenvalue weighted by atomic mass is 10.2. The topological polar surface area (TPSA) is 67.8 Å². The molecule has 6 nitrogen and oxygen atoms in total. The van der Waals surface area contributed by atoms with Crippen LogP contribution in [0.4, 0.5) is 0 Å². The number of nitrogens with zero attached hydrogens (tertiary/aromatic N) is 2. The molecule has 27 heavy (non-hydrogen) atoms. The molecule has 0 amide bonds. The Bertz CT molecular complexity index is 743. The van der Waals surface area contributed by atoms with E-state index in [1.807, 2.05) is 18.2 Å². The van der Waals surface area contributed by atoms with Crippen molar-refractivity contribution in [3.8, 4) is 11.5 Å². The second-order valence-electron chi connectivity index (χ2n) is 6.38. The van der Waals surface area contributed by atoms with Gasteiger partial charge in [-0.05, 0) is 19.1 Å². The van der Waals surface area contributed by atoms with Crippen LogP contribution in [-0.4, -0.2) is 38.3 Å². The van der Waals surface area contributed by atoms with E-state index in [0.717, 1.165) is 48.2 Å². The van der Waals surface area contributed by atoms with Crippen molar-refractivity contribution in [3.63, 3.8) is 0 Å². The molecule has 0 spiro atoms. The van der Waals surface area contributed by atoms with Gasteiger partial charge in [0.25, 0.3) is 0 Å². The number of rotatable bonds is 9. The number of aromatic nitrogens is 1. The number of ether oxygens (including phenoxy) is 2. The summed E-state index contributed by atoms with van der Waals surface area (Å²) in [7, 11) is 3.30. The van der Waals surface area contributed by atoms with E-state index in [0.29, 0.717) is 12.5 Å². The summed E-state index contributed by atoms with van der Waals surface area (Å²) in [6.45, 7) is 8.51. The number of aliphatic imine (C=N–C) groups is 1. The van der Waals surface area contributed by atoms with Crippen LogP contribution in [0.3, 0.4) is 0 Å². The molecule has 0 saturated heterocycles. The van der Waals surface area contributed by atoms with Crippen molar-refractivity contribution in [1.29, 1.82) is 0 Å². The fourth-order valence-corrected chi connectivity index (χ4v) is 3.37. The van der Waals surface area contributed by atoms with Crippen molar-refractivity contribution in [3.05, 3.63) is 39.8 Å². The molecule has 148 valence electrons. The summed E-state index contributed by atoms with van der Waals surface area (Å²) in [5.74, 6) is 2.82. The van der Waals surface area contributed by atoms with E-state index in [1.54, 1.807) is 25.6 Å². The maximum absolute atomic E-state index is 5.44. The van der Waals surface area contributed by atoms with Crippen LogP contribution in [0.15, 0.2) is 28.6 Å². The predicted octanol–water partition coefficient (Wildman–Crippen LogP) is 3.58. The Balaban J connectivity index is 1.95. The highest BCUT2D eigenvalue weighted by molar-refractivity contribution is 7.09. The Labute approximate surface area is 166 Å². The van der Waals surface area contributed by atoms with Crippen LogP contribution in [0.1, 0.15) is 43.0 Å². The molecule has 0 aliphatic rings. The smallest absolute Gasteiger partial charge is 0.191 e. The number of thiazole rings is 1. The SMILES string of the molecule is CCNC(=NCc1ccc(OC)cc1OC)NCCc1csc(C(C)C)n1. The van der Waals surface area contributed by atoms with Gasteiger partial charge in [0.15, 0.2) is 5.96 Å². The minimum atomic E-state index is 0.482. The number of guanidine groups is 1. The second kappa shape index (κ2) is 10.8. The molecule has 0 fully saturated rings. The lowest BCUT2D eigenvalue weighted by Crippen LogP contribution is -2.38. The molecule has 0 atom stereocenters. The van der Waals surface area contributed by atoms with Gasteiger partial charge in [-0.1, -0.05) is 13.8 Å². The molecule has 0 bridgehead atoms. The van der Waals surface area contributed by atoms with Gasteiger partial charge in [-0.2, -0.15) is 0 Å². The van der Waals surface area contributed by atoms with Gasteiger partial charge in [-0.15, -0.1) is 11.3 Å². The number of nitrogens with one attached hydrogen (secondary N) is 2. The summed E-state index contributed by atoms with van der Waals surface area (Å²) in [6.07, 6.45) is 0.874. The largest absolute Gasteiger partial charge is 0.497 e. The highest BCUT2D eigenvalue weighted by atomic mass is 32.1. The van der Waals surface area contributed by atoms with Gasteiger partial charge >= 0.3 is 0 Å². The van der Waals surface area contributed by atoms with Gasteiger partial charge in [0.2, 0.25) is 0 Å². The Hall–Kier alpha value is -2.28. The van der Waals surface area contributed by atoms with Crippen molar-refractivity contribution in [2.75, 3.05) is 27.3 Å². The Morgan fingerprint density at radius 2 is 2.04 bits per heavy atom. The molecule has 0 aliphatic carbocycles. The van der Waals surface area contributed by atoms with Gasteiger partial charge in [0, 0.05) is 42.4 Å². The van der Waals surface area contributed by atoms with Crippen LogP contribution in [-0.2, 0) is 13.0 Å². The number of hydrogen-bond acceptors (Lipinski definition) is 5. The van der Waals surface area contributed by atoms with Crippen LogP contribution < -0.4 is 20.1 Å². The first-order valence-corrected chi connectivity index (χ1v) is 10.1. The molecule has 1 aromatic heterocycles. The number of hydrogen-bond donors (Lipinski definition) is 2. The fourth-order valence-electron chi connectivity index (χ4n) is 2.50. The fraction of sp³-hybridized carbons (Fsp3) is 0.500. The Kier molecular flexibility index (Phi) is 8.39. The van der Waals surface area contributed by atoms with E-state index in [1.165, 1.54) is 5.01 Å². The van der Waals surface area contributed by atoms with Crippen molar-refractivity contribution in [2.45, 2.75) is 39.7 Å². The zero-order chi connectivity index (χ0) is 19.6. The predicted molar refractivity (Wildman–Crippen MR) is 112 cm³/mol. The zero-order valence-electron chi connectivity index (χ0n) is 16.8. The Morgan fingerprint density at radius 3 is 2.67 bits per heavy atom. The van der Waals surface area contributed by atoms with Gasteiger partial charge in [-0.3, -0.25) is 0 Å². The van der Waals surface area contributed by atoms with Crippen LogP contribution in [0.25, 0.3) is 0 Å². The van der Waals surface area contributed by atoms with E-state index < -0.39 is 0 Å². The first kappa shape index (κ1) is 21.0. The van der Waals surface area contributed by atoms with Crippen LogP contribution in [0.2, 0.25) is 0 Å². The molecule has 1 heterocycles. The summed E-state index contributed by atoms with van der Waals surface area (Å²) < 4.78 is 10.7. The summed E-state index contributed by atoms with van der Waals surface area (Å²) in [5, 5.41) is 9.99. The quantitative estimate of drug-likeness (QED) is 0.506. The lowest BCUT2D eigenvalue weighted by Gasteiger charge is -2.12. The zero-order valence-corrected chi connectivity index (χ0v) is 17.7. The third-order valence-corrected chi connectivity index (χ3v) is 5.18. The molecule has 2 rings (SSSR count).